The summed E-state index contributed by atoms with van der Waals surface area (Å²) in [5, 5.41) is 2.15. The Morgan fingerprint density at radius 2 is 1.81 bits per heavy atom. The van der Waals surface area contributed by atoms with Gasteiger partial charge in [0, 0.05) is 12.3 Å². The van der Waals surface area contributed by atoms with Gasteiger partial charge in [0.25, 0.3) is 0 Å². The van der Waals surface area contributed by atoms with Crippen molar-refractivity contribution in [2.45, 2.75) is 30.0 Å². The van der Waals surface area contributed by atoms with Gasteiger partial charge in [-0.25, -0.2) is 8.42 Å². The van der Waals surface area contributed by atoms with Gasteiger partial charge in [-0.15, -0.1) is 11.8 Å². The van der Waals surface area contributed by atoms with Crippen molar-refractivity contribution in [1.82, 2.24) is 4.31 Å². The molecule has 1 saturated heterocycles. The van der Waals surface area contributed by atoms with Crippen LogP contribution in [0.2, 0.25) is 0 Å². The van der Waals surface area contributed by atoms with E-state index in [2.05, 4.69) is 49.4 Å². The van der Waals surface area contributed by atoms with Gasteiger partial charge in [-0.3, -0.25) is 0 Å². The molecule has 0 spiro atoms. The predicted octanol–water partition coefficient (Wildman–Crippen LogP) is 4.68. The van der Waals surface area contributed by atoms with E-state index in [0.717, 1.165) is 40.5 Å². The number of hydrogen-bond donors (Lipinski definition) is 0. The Bertz CT molecular complexity index is 1140. The van der Waals surface area contributed by atoms with Crippen molar-refractivity contribution >= 4 is 32.6 Å². The van der Waals surface area contributed by atoms with Crippen molar-refractivity contribution in [3.63, 3.8) is 0 Å². The molecule has 3 aromatic rings. The third-order valence-corrected chi connectivity index (χ3v) is 8.98. The smallest absolute Gasteiger partial charge is 0.207 e. The summed E-state index contributed by atoms with van der Waals surface area (Å²) in [5.74, 6) is 0.825. The molecule has 27 heavy (non-hydrogen) atoms. The Morgan fingerprint density at radius 3 is 2.63 bits per heavy atom. The van der Waals surface area contributed by atoms with Crippen LogP contribution in [0.1, 0.15) is 27.6 Å². The molecular formula is C22H21NO2S2. The average molecular weight is 396 g/mol. The molecule has 2 aliphatic rings. The van der Waals surface area contributed by atoms with E-state index in [-0.39, 0.29) is 5.37 Å². The van der Waals surface area contributed by atoms with Crippen molar-refractivity contribution in [1.29, 1.82) is 0 Å². The maximum Gasteiger partial charge on any atom is 0.244 e. The highest BCUT2D eigenvalue weighted by molar-refractivity contribution is 8.01. The normalized spacial score (nSPS) is 19.8. The molecule has 0 bridgehead atoms. The molecule has 0 aromatic heterocycles. The fourth-order valence-corrected chi connectivity index (χ4v) is 7.79. The molecule has 0 amide bonds. The first-order valence-corrected chi connectivity index (χ1v) is 11.8. The monoisotopic (exact) mass is 395 g/mol. The van der Waals surface area contributed by atoms with Crippen LogP contribution in [0, 0.1) is 6.92 Å². The van der Waals surface area contributed by atoms with E-state index in [9.17, 15) is 8.42 Å². The highest BCUT2D eigenvalue weighted by Crippen LogP contribution is 2.43. The molecule has 5 rings (SSSR count). The first-order valence-electron chi connectivity index (χ1n) is 9.29. The Hall–Kier alpha value is -1.82. The fraction of sp³-hybridized carbons (Fsp3) is 0.273. The second-order valence-electron chi connectivity index (χ2n) is 7.31. The van der Waals surface area contributed by atoms with E-state index in [1.807, 2.05) is 12.1 Å². The lowest BCUT2D eigenvalue weighted by Gasteiger charge is -2.25. The van der Waals surface area contributed by atoms with Crippen LogP contribution in [-0.2, 0) is 22.9 Å². The Balaban J connectivity index is 1.61. The zero-order chi connectivity index (χ0) is 18.6. The van der Waals surface area contributed by atoms with E-state index >= 15 is 0 Å². The summed E-state index contributed by atoms with van der Waals surface area (Å²) in [5.41, 5.74) is 4.52. The highest BCUT2D eigenvalue weighted by Gasteiger charge is 2.38. The van der Waals surface area contributed by atoms with Gasteiger partial charge in [0.2, 0.25) is 10.0 Å². The molecule has 1 unspecified atom stereocenters. The summed E-state index contributed by atoms with van der Waals surface area (Å²) in [6.45, 7) is 2.61. The molecule has 1 heterocycles. The van der Waals surface area contributed by atoms with E-state index in [1.165, 1.54) is 11.1 Å². The van der Waals surface area contributed by atoms with Gasteiger partial charge in [0.15, 0.2) is 0 Å². The number of rotatable bonds is 3. The topological polar surface area (TPSA) is 37.4 Å². The van der Waals surface area contributed by atoms with Crippen molar-refractivity contribution in [3.8, 4) is 0 Å². The second-order valence-corrected chi connectivity index (χ2v) is 10.4. The SMILES string of the molecule is Cc1ccc(C2SCCN2S(=O)(=O)c2ccc3cccc4c3c2CC4)cc1. The molecule has 1 atom stereocenters. The zero-order valence-corrected chi connectivity index (χ0v) is 16.8. The number of aryl methyl sites for hydroxylation is 3. The third kappa shape index (κ3) is 2.72. The Kier molecular flexibility index (Phi) is 4.08. The van der Waals surface area contributed by atoms with Crippen LogP contribution in [0.5, 0.6) is 0 Å². The number of thioether (sulfide) groups is 1. The fourth-order valence-electron chi connectivity index (χ4n) is 4.29. The van der Waals surface area contributed by atoms with Gasteiger partial charge in [-0.05, 0) is 53.3 Å². The minimum atomic E-state index is -3.53. The molecule has 1 aliphatic carbocycles. The van der Waals surface area contributed by atoms with Crippen molar-refractivity contribution in [2.75, 3.05) is 12.3 Å². The van der Waals surface area contributed by atoms with Crippen LogP contribution < -0.4 is 0 Å². The quantitative estimate of drug-likeness (QED) is 0.646. The van der Waals surface area contributed by atoms with Gasteiger partial charge in [0.05, 0.1) is 10.3 Å². The molecule has 5 heteroatoms. The highest BCUT2D eigenvalue weighted by atomic mass is 32.2. The minimum absolute atomic E-state index is 0.143. The molecule has 1 fully saturated rings. The largest absolute Gasteiger partial charge is 0.244 e. The first-order chi connectivity index (χ1) is 13.1. The van der Waals surface area contributed by atoms with Crippen LogP contribution in [0.3, 0.4) is 0 Å². The van der Waals surface area contributed by atoms with Gasteiger partial charge in [-0.2, -0.15) is 4.31 Å². The third-order valence-electron chi connectivity index (χ3n) is 5.64. The molecule has 3 nitrogen and oxygen atoms in total. The molecular weight excluding hydrogens is 374 g/mol. The average Bonchev–Trinajstić information content (AvgIpc) is 3.32. The van der Waals surface area contributed by atoms with Crippen LogP contribution >= 0.6 is 11.8 Å². The lowest BCUT2D eigenvalue weighted by molar-refractivity contribution is 0.434. The van der Waals surface area contributed by atoms with Crippen molar-refractivity contribution in [3.05, 3.63) is 76.9 Å². The van der Waals surface area contributed by atoms with Gasteiger partial charge in [0.1, 0.15) is 0 Å². The van der Waals surface area contributed by atoms with Gasteiger partial charge in [-0.1, -0.05) is 54.1 Å². The Labute approximate surface area is 164 Å². The van der Waals surface area contributed by atoms with E-state index in [0.29, 0.717) is 11.4 Å². The molecule has 0 radical (unpaired) electrons. The zero-order valence-electron chi connectivity index (χ0n) is 15.2. The summed E-state index contributed by atoms with van der Waals surface area (Å²) < 4.78 is 29.0. The minimum Gasteiger partial charge on any atom is -0.207 e. The van der Waals surface area contributed by atoms with Crippen LogP contribution in [-0.4, -0.2) is 25.0 Å². The molecule has 138 valence electrons. The first kappa shape index (κ1) is 17.3. The van der Waals surface area contributed by atoms with E-state index < -0.39 is 10.0 Å². The van der Waals surface area contributed by atoms with Crippen LogP contribution in [0.15, 0.2) is 59.5 Å². The number of hydrogen-bond acceptors (Lipinski definition) is 3. The summed E-state index contributed by atoms with van der Waals surface area (Å²) >= 11 is 1.71. The lowest BCUT2D eigenvalue weighted by atomic mass is 10.1. The van der Waals surface area contributed by atoms with Crippen molar-refractivity contribution < 1.29 is 8.42 Å². The Morgan fingerprint density at radius 1 is 1.00 bits per heavy atom. The number of sulfonamides is 1. The number of nitrogens with zero attached hydrogens (tertiary/aromatic N) is 1. The van der Waals surface area contributed by atoms with Gasteiger partial charge < -0.3 is 0 Å². The molecule has 0 saturated carbocycles. The summed E-state index contributed by atoms with van der Waals surface area (Å²) in [7, 11) is -3.53. The molecule has 1 aliphatic heterocycles. The van der Waals surface area contributed by atoms with Crippen LogP contribution in [0.4, 0.5) is 0 Å². The standard InChI is InChI=1S/C22H21NO2S2/c1-15-5-7-18(8-6-15)22-23(13-14-26-22)27(24,25)20-12-10-17-4-2-3-16-9-11-19(20)21(16)17/h2-8,10,12,22H,9,11,13-14H2,1H3. The van der Waals surface area contributed by atoms with Gasteiger partial charge >= 0.3 is 0 Å². The maximum absolute atomic E-state index is 13.6. The maximum atomic E-state index is 13.6. The molecule has 3 aromatic carbocycles. The number of benzene rings is 3. The lowest BCUT2D eigenvalue weighted by Crippen LogP contribution is -2.31. The van der Waals surface area contributed by atoms with Crippen molar-refractivity contribution in [2.24, 2.45) is 0 Å². The summed E-state index contributed by atoms with van der Waals surface area (Å²) in [4.78, 5) is 0.500. The second kappa shape index (κ2) is 6.36. The predicted molar refractivity (Wildman–Crippen MR) is 112 cm³/mol. The summed E-state index contributed by atoms with van der Waals surface area (Å²) in [6.07, 6.45) is 1.73. The summed E-state index contributed by atoms with van der Waals surface area (Å²) in [6, 6.07) is 18.3. The van der Waals surface area contributed by atoms with Crippen LogP contribution in [0.25, 0.3) is 10.8 Å². The van der Waals surface area contributed by atoms with E-state index in [4.69, 9.17) is 0 Å². The van der Waals surface area contributed by atoms with E-state index in [1.54, 1.807) is 16.1 Å². The molecule has 0 N–H and O–H groups in total.